The first-order chi connectivity index (χ1) is 16.0. The maximum Gasteiger partial charge on any atom is 0.586 e. The number of carbonyl (C=O) groups excluding carboxylic acids is 1. The van der Waals surface area contributed by atoms with Crippen molar-refractivity contribution in [1.82, 2.24) is 0 Å². The first-order valence-electron chi connectivity index (χ1n) is 10.6. The Labute approximate surface area is 198 Å². The second-order valence-electron chi connectivity index (χ2n) is 8.73. The Hall–Kier alpha value is -3.30. The Balaban J connectivity index is 0.00000180. The number of ketones is 1. The molecule has 0 spiro atoms. The number of aryl methyl sites for hydroxylation is 1. The predicted octanol–water partition coefficient (Wildman–Crippen LogP) is 4.97. The number of primary sulfonamides is 1. The molecule has 1 saturated carbocycles. The minimum Gasteiger partial charge on any atom is -0.395 e. The van der Waals surface area contributed by atoms with Crippen LogP contribution in [-0.2, 0) is 26.7 Å². The molecule has 1 aliphatic carbocycles. The van der Waals surface area contributed by atoms with Crippen molar-refractivity contribution in [3.8, 4) is 22.6 Å². The third-order valence-corrected chi connectivity index (χ3v) is 7.28. The van der Waals surface area contributed by atoms with Crippen LogP contribution in [0, 0.1) is 6.92 Å². The highest BCUT2D eigenvalue weighted by molar-refractivity contribution is 7.89. The van der Waals surface area contributed by atoms with Gasteiger partial charge in [-0.3, -0.25) is 4.79 Å². The summed E-state index contributed by atoms with van der Waals surface area (Å²) in [4.78, 5) is 13.3. The zero-order valence-corrected chi connectivity index (χ0v) is 19.0. The van der Waals surface area contributed by atoms with Crippen LogP contribution in [0.3, 0.4) is 0 Å². The summed E-state index contributed by atoms with van der Waals surface area (Å²) in [5.41, 5.74) is 3.16. The number of nitrogens with two attached hydrogens (primary N) is 1. The highest BCUT2D eigenvalue weighted by Gasteiger charge is 2.52. The van der Waals surface area contributed by atoms with Crippen LogP contribution in [0.2, 0.25) is 0 Å². The van der Waals surface area contributed by atoms with E-state index < -0.39 is 21.7 Å². The summed E-state index contributed by atoms with van der Waals surface area (Å²) in [7, 11) is -3.82. The second-order valence-corrected chi connectivity index (χ2v) is 10.3. The molecule has 0 saturated heterocycles. The van der Waals surface area contributed by atoms with Gasteiger partial charge in [-0.2, -0.15) is 0 Å². The van der Waals surface area contributed by atoms with Crippen molar-refractivity contribution in [3.05, 3.63) is 77.4 Å². The lowest BCUT2D eigenvalue weighted by Gasteiger charge is -2.16. The Bertz CT molecular complexity index is 1440. The minimum absolute atomic E-state index is 0. The summed E-state index contributed by atoms with van der Waals surface area (Å²) in [5, 5.41) is 5.24. The Kier molecular flexibility index (Phi) is 5.03. The molecule has 34 heavy (non-hydrogen) atoms. The van der Waals surface area contributed by atoms with Crippen molar-refractivity contribution in [1.29, 1.82) is 0 Å². The molecule has 2 aliphatic rings. The van der Waals surface area contributed by atoms with Gasteiger partial charge in [-0.25, -0.2) is 13.6 Å². The van der Waals surface area contributed by atoms with E-state index in [2.05, 4.69) is 9.47 Å². The molecule has 180 valence electrons. The average molecular weight is 490 g/mol. The van der Waals surface area contributed by atoms with Gasteiger partial charge in [-0.05, 0) is 71.8 Å². The standard InChI is InChI=1S/C25H21F2NO5S.2H2/c1-15-11-16(5-7-20(15)17-3-2-4-19(13-17)34(28,30)31)12-23(29)24(9-10-24)18-6-8-21-22(14-18)33-25(26,27)32-21;;/h2-8,11,13-14H,9-10,12H2,1H3,(H2,28,30,31);2*1H. The molecule has 1 fully saturated rings. The molecule has 1 aliphatic heterocycles. The number of benzene rings is 3. The van der Waals surface area contributed by atoms with Gasteiger partial charge in [0.05, 0.1) is 10.3 Å². The molecule has 3 aromatic rings. The summed E-state index contributed by atoms with van der Waals surface area (Å²) in [5.74, 6) is -0.111. The molecule has 0 unspecified atom stereocenters. The summed E-state index contributed by atoms with van der Waals surface area (Å²) < 4.78 is 59.0. The number of hydrogen-bond acceptors (Lipinski definition) is 5. The molecule has 9 heteroatoms. The van der Waals surface area contributed by atoms with Gasteiger partial charge in [0.2, 0.25) is 10.0 Å². The van der Waals surface area contributed by atoms with Crippen molar-refractivity contribution in [2.75, 3.05) is 0 Å². The fourth-order valence-electron chi connectivity index (χ4n) is 4.45. The molecule has 2 N–H and O–H groups in total. The van der Waals surface area contributed by atoms with Crippen LogP contribution in [0.1, 0.15) is 32.4 Å². The molecular weight excluding hydrogens is 464 g/mol. The molecule has 0 radical (unpaired) electrons. The highest BCUT2D eigenvalue weighted by atomic mass is 32.2. The van der Waals surface area contributed by atoms with Crippen molar-refractivity contribution in [2.24, 2.45) is 5.14 Å². The lowest BCUT2D eigenvalue weighted by molar-refractivity contribution is -0.286. The molecule has 0 aromatic heterocycles. The second kappa shape index (κ2) is 7.61. The quantitative estimate of drug-likeness (QED) is 0.528. The Morgan fingerprint density at radius 1 is 1.03 bits per heavy atom. The van der Waals surface area contributed by atoms with Crippen LogP contribution in [0.4, 0.5) is 8.78 Å². The van der Waals surface area contributed by atoms with E-state index in [0.717, 1.165) is 16.7 Å². The smallest absolute Gasteiger partial charge is 0.395 e. The van der Waals surface area contributed by atoms with Crippen LogP contribution >= 0.6 is 0 Å². The van der Waals surface area contributed by atoms with Crippen LogP contribution < -0.4 is 14.6 Å². The van der Waals surface area contributed by atoms with E-state index in [-0.39, 0.29) is 31.5 Å². The van der Waals surface area contributed by atoms with Crippen molar-refractivity contribution < 1.29 is 34.3 Å². The van der Waals surface area contributed by atoms with E-state index in [1.54, 1.807) is 18.2 Å². The summed E-state index contributed by atoms with van der Waals surface area (Å²) in [6, 6.07) is 16.5. The van der Waals surface area contributed by atoms with Gasteiger partial charge in [0.15, 0.2) is 11.5 Å². The number of ether oxygens (including phenoxy) is 2. The van der Waals surface area contributed by atoms with Crippen molar-refractivity contribution in [2.45, 2.75) is 42.8 Å². The van der Waals surface area contributed by atoms with E-state index >= 15 is 0 Å². The fourth-order valence-corrected chi connectivity index (χ4v) is 5.01. The van der Waals surface area contributed by atoms with E-state index in [1.807, 2.05) is 25.1 Å². The topological polar surface area (TPSA) is 95.7 Å². The summed E-state index contributed by atoms with van der Waals surface area (Å²) in [6.07, 6.45) is -2.24. The van der Waals surface area contributed by atoms with Crippen molar-refractivity contribution in [3.63, 3.8) is 0 Å². The van der Waals surface area contributed by atoms with E-state index in [1.165, 1.54) is 24.3 Å². The van der Waals surface area contributed by atoms with Crippen molar-refractivity contribution >= 4 is 15.8 Å². The molecule has 0 amide bonds. The first kappa shape index (κ1) is 22.5. The third kappa shape index (κ3) is 4.05. The predicted molar refractivity (Wildman–Crippen MR) is 124 cm³/mol. The molecule has 0 bridgehead atoms. The van der Waals surface area contributed by atoms with Gasteiger partial charge < -0.3 is 9.47 Å². The summed E-state index contributed by atoms with van der Waals surface area (Å²) in [6.45, 7) is 1.89. The maximum absolute atomic E-state index is 13.4. The lowest BCUT2D eigenvalue weighted by atomic mass is 9.87. The molecular formula is C25H25F2NO5S. The fraction of sp³-hybridized carbons (Fsp3) is 0.240. The van der Waals surface area contributed by atoms with Gasteiger partial charge in [-0.1, -0.05) is 36.4 Å². The molecule has 3 aromatic carbocycles. The monoisotopic (exact) mass is 489 g/mol. The van der Waals surface area contributed by atoms with E-state index in [4.69, 9.17) is 5.14 Å². The van der Waals surface area contributed by atoms with Gasteiger partial charge in [0.1, 0.15) is 5.78 Å². The Morgan fingerprint density at radius 3 is 2.44 bits per heavy atom. The Morgan fingerprint density at radius 2 is 1.76 bits per heavy atom. The third-order valence-electron chi connectivity index (χ3n) is 6.37. The molecule has 6 nitrogen and oxygen atoms in total. The van der Waals surface area contributed by atoms with Crippen LogP contribution in [0.25, 0.3) is 11.1 Å². The minimum atomic E-state index is -3.82. The number of rotatable bonds is 6. The normalized spacial score (nSPS) is 17.4. The van der Waals surface area contributed by atoms with Crippen LogP contribution in [-0.4, -0.2) is 20.5 Å². The molecule has 1 heterocycles. The zero-order valence-electron chi connectivity index (χ0n) is 18.2. The SMILES string of the molecule is Cc1cc(CC(=O)C2(c3ccc4c(c3)OC(F)(F)O4)CC2)ccc1-c1cccc(S(N)(=O)=O)c1.[HH].[HH]. The number of halogens is 2. The number of Topliss-reactive ketones (excluding diaryl/α,β-unsaturated/α-hetero) is 1. The number of fused-ring (bicyclic) bond motifs is 1. The van der Waals surface area contributed by atoms with Crippen LogP contribution in [0.5, 0.6) is 11.5 Å². The van der Waals surface area contributed by atoms with E-state index in [0.29, 0.717) is 24.0 Å². The van der Waals surface area contributed by atoms with Gasteiger partial charge in [-0.15, -0.1) is 8.78 Å². The largest absolute Gasteiger partial charge is 0.586 e. The number of alkyl halides is 2. The van der Waals surface area contributed by atoms with Gasteiger partial charge in [0.25, 0.3) is 0 Å². The number of sulfonamides is 1. The highest BCUT2D eigenvalue weighted by Crippen LogP contribution is 2.52. The van der Waals surface area contributed by atoms with E-state index in [9.17, 15) is 22.0 Å². The van der Waals surface area contributed by atoms with Gasteiger partial charge >= 0.3 is 6.29 Å². The zero-order chi connectivity index (χ0) is 24.3. The van der Waals surface area contributed by atoms with Crippen LogP contribution in [0.15, 0.2) is 65.6 Å². The summed E-state index contributed by atoms with van der Waals surface area (Å²) >= 11 is 0. The molecule has 5 rings (SSSR count). The average Bonchev–Trinajstić information content (AvgIpc) is 3.50. The lowest BCUT2D eigenvalue weighted by Crippen LogP contribution is -2.26. The number of hydrogen-bond donors (Lipinski definition) is 1. The first-order valence-corrected chi connectivity index (χ1v) is 12.2. The molecule has 0 atom stereocenters. The number of carbonyl (C=O) groups is 1. The van der Waals surface area contributed by atoms with Gasteiger partial charge in [0, 0.05) is 9.27 Å². The maximum atomic E-state index is 13.4.